The quantitative estimate of drug-likeness (QED) is 0.648. The number of aromatic nitrogens is 1. The second-order valence-electron chi connectivity index (χ2n) is 7.90. The highest BCUT2D eigenvalue weighted by atomic mass is 15.1. The van der Waals surface area contributed by atoms with Gasteiger partial charge < -0.3 is 4.57 Å². The average Bonchev–Trinajstić information content (AvgIpc) is 2.89. The van der Waals surface area contributed by atoms with Crippen LogP contribution in [0.15, 0.2) is 54.7 Å². The van der Waals surface area contributed by atoms with Gasteiger partial charge in [0.1, 0.15) is 0 Å². The molecule has 0 amide bonds. The molecule has 0 spiro atoms. The SMILES string of the molecule is CN(Cc1ccc(C(C)(C)C)cc1)Cc1cccc2ccn(C)c12. The normalized spacial score (nSPS) is 12.2. The van der Waals surface area contributed by atoms with Crippen LogP contribution in [0.5, 0.6) is 0 Å². The van der Waals surface area contributed by atoms with E-state index in [1.807, 2.05) is 0 Å². The standard InChI is InChI=1S/C22H28N2/c1-22(2,3)20-11-9-17(10-12-20)15-23(4)16-19-8-6-7-18-13-14-24(5)21(18)19/h6-14H,15-16H2,1-5H3. The molecule has 0 radical (unpaired) electrons. The molecule has 126 valence electrons. The summed E-state index contributed by atoms with van der Waals surface area (Å²) in [7, 11) is 4.32. The van der Waals surface area contributed by atoms with Gasteiger partial charge in [-0.15, -0.1) is 0 Å². The molecule has 2 heteroatoms. The van der Waals surface area contributed by atoms with Crippen molar-refractivity contribution < 1.29 is 0 Å². The van der Waals surface area contributed by atoms with Gasteiger partial charge in [-0.2, -0.15) is 0 Å². The van der Waals surface area contributed by atoms with Gasteiger partial charge in [0.25, 0.3) is 0 Å². The molecule has 1 aromatic heterocycles. The highest BCUT2D eigenvalue weighted by molar-refractivity contribution is 5.83. The Labute approximate surface area is 145 Å². The van der Waals surface area contributed by atoms with Gasteiger partial charge in [-0.05, 0) is 40.6 Å². The molecule has 0 saturated carbocycles. The summed E-state index contributed by atoms with van der Waals surface area (Å²) < 4.78 is 2.22. The van der Waals surface area contributed by atoms with Crippen LogP contribution in [0.4, 0.5) is 0 Å². The Morgan fingerprint density at radius 3 is 2.29 bits per heavy atom. The van der Waals surface area contributed by atoms with Crippen molar-refractivity contribution in [2.75, 3.05) is 7.05 Å². The van der Waals surface area contributed by atoms with Gasteiger partial charge >= 0.3 is 0 Å². The lowest BCUT2D eigenvalue weighted by Crippen LogP contribution is -2.18. The van der Waals surface area contributed by atoms with E-state index in [0.29, 0.717) is 0 Å². The summed E-state index contributed by atoms with van der Waals surface area (Å²) in [5.41, 5.74) is 5.69. The summed E-state index contributed by atoms with van der Waals surface area (Å²) in [6.07, 6.45) is 2.14. The molecule has 0 bridgehead atoms. The largest absolute Gasteiger partial charge is 0.350 e. The van der Waals surface area contributed by atoms with Gasteiger partial charge in [0.2, 0.25) is 0 Å². The Morgan fingerprint density at radius 1 is 0.917 bits per heavy atom. The molecule has 24 heavy (non-hydrogen) atoms. The smallest absolute Gasteiger partial charge is 0.0523 e. The van der Waals surface area contributed by atoms with E-state index in [4.69, 9.17) is 0 Å². The first-order chi connectivity index (χ1) is 11.3. The van der Waals surface area contributed by atoms with Crippen LogP contribution in [0, 0.1) is 0 Å². The summed E-state index contributed by atoms with van der Waals surface area (Å²) in [6, 6.07) is 17.8. The number of benzene rings is 2. The summed E-state index contributed by atoms with van der Waals surface area (Å²) in [5.74, 6) is 0. The first kappa shape index (κ1) is 16.8. The summed E-state index contributed by atoms with van der Waals surface area (Å²) >= 11 is 0. The van der Waals surface area contributed by atoms with E-state index < -0.39 is 0 Å². The second kappa shape index (κ2) is 6.45. The molecule has 0 saturated heterocycles. The van der Waals surface area contributed by atoms with Crippen molar-refractivity contribution in [1.29, 1.82) is 0 Å². The number of para-hydroxylation sites is 1. The maximum atomic E-state index is 2.38. The van der Waals surface area contributed by atoms with Crippen molar-refractivity contribution in [3.63, 3.8) is 0 Å². The molecule has 1 heterocycles. The van der Waals surface area contributed by atoms with E-state index in [2.05, 4.69) is 99.1 Å². The Balaban J connectivity index is 1.73. The molecular weight excluding hydrogens is 292 g/mol. The zero-order valence-electron chi connectivity index (χ0n) is 15.5. The third-order valence-corrected chi connectivity index (χ3v) is 4.69. The molecule has 0 aliphatic carbocycles. The fourth-order valence-electron chi connectivity index (χ4n) is 3.34. The Hall–Kier alpha value is -2.06. The number of hydrogen-bond acceptors (Lipinski definition) is 1. The fourth-order valence-corrected chi connectivity index (χ4v) is 3.34. The van der Waals surface area contributed by atoms with Gasteiger partial charge in [-0.25, -0.2) is 0 Å². The predicted octanol–water partition coefficient (Wildman–Crippen LogP) is 5.11. The van der Waals surface area contributed by atoms with Crippen LogP contribution >= 0.6 is 0 Å². The van der Waals surface area contributed by atoms with Crippen molar-refractivity contribution in [3.05, 3.63) is 71.4 Å². The predicted molar refractivity (Wildman–Crippen MR) is 103 cm³/mol. The molecule has 3 aromatic rings. The van der Waals surface area contributed by atoms with Crippen LogP contribution in [0.3, 0.4) is 0 Å². The number of fused-ring (bicyclic) bond motifs is 1. The van der Waals surface area contributed by atoms with E-state index in [0.717, 1.165) is 13.1 Å². The summed E-state index contributed by atoms with van der Waals surface area (Å²) in [6.45, 7) is 8.69. The van der Waals surface area contributed by atoms with Gasteiger partial charge in [0.15, 0.2) is 0 Å². The molecule has 0 atom stereocenters. The zero-order valence-corrected chi connectivity index (χ0v) is 15.5. The molecule has 0 aliphatic heterocycles. The molecule has 2 nitrogen and oxygen atoms in total. The maximum absolute atomic E-state index is 2.38. The number of hydrogen-bond donors (Lipinski definition) is 0. The van der Waals surface area contributed by atoms with Crippen LogP contribution < -0.4 is 0 Å². The molecule has 0 aliphatic rings. The topological polar surface area (TPSA) is 8.17 Å². The van der Waals surface area contributed by atoms with E-state index in [-0.39, 0.29) is 5.41 Å². The molecule has 3 rings (SSSR count). The van der Waals surface area contributed by atoms with Crippen LogP contribution in [0.2, 0.25) is 0 Å². The molecule has 0 N–H and O–H groups in total. The summed E-state index contributed by atoms with van der Waals surface area (Å²) in [4.78, 5) is 2.38. The number of aryl methyl sites for hydroxylation is 1. The molecule has 2 aromatic carbocycles. The lowest BCUT2D eigenvalue weighted by atomic mass is 9.87. The van der Waals surface area contributed by atoms with Gasteiger partial charge in [-0.3, -0.25) is 4.90 Å². The van der Waals surface area contributed by atoms with Crippen molar-refractivity contribution >= 4 is 10.9 Å². The molecule has 0 fully saturated rings. The molecule has 0 unspecified atom stereocenters. The van der Waals surface area contributed by atoms with Crippen LogP contribution in [0.1, 0.15) is 37.5 Å². The van der Waals surface area contributed by atoms with Crippen molar-refractivity contribution in [3.8, 4) is 0 Å². The van der Waals surface area contributed by atoms with Crippen LogP contribution in [-0.4, -0.2) is 16.5 Å². The minimum absolute atomic E-state index is 0.215. The lowest BCUT2D eigenvalue weighted by Gasteiger charge is -2.21. The first-order valence-corrected chi connectivity index (χ1v) is 8.65. The van der Waals surface area contributed by atoms with Gasteiger partial charge in [0.05, 0.1) is 5.52 Å². The monoisotopic (exact) mass is 320 g/mol. The van der Waals surface area contributed by atoms with Gasteiger partial charge in [0, 0.05) is 26.3 Å². The highest BCUT2D eigenvalue weighted by Gasteiger charge is 2.13. The minimum Gasteiger partial charge on any atom is -0.350 e. The maximum Gasteiger partial charge on any atom is 0.0523 e. The van der Waals surface area contributed by atoms with Crippen LogP contribution in [-0.2, 0) is 25.6 Å². The molecular formula is C22H28N2. The number of rotatable bonds is 4. The minimum atomic E-state index is 0.215. The number of nitrogens with zero attached hydrogens (tertiary/aromatic N) is 2. The Morgan fingerprint density at radius 2 is 1.62 bits per heavy atom. The third-order valence-electron chi connectivity index (χ3n) is 4.69. The zero-order chi connectivity index (χ0) is 17.3. The lowest BCUT2D eigenvalue weighted by molar-refractivity contribution is 0.320. The van der Waals surface area contributed by atoms with E-state index in [9.17, 15) is 0 Å². The van der Waals surface area contributed by atoms with Crippen LogP contribution in [0.25, 0.3) is 10.9 Å². The summed E-state index contributed by atoms with van der Waals surface area (Å²) in [5, 5.41) is 1.32. The second-order valence-corrected chi connectivity index (χ2v) is 7.90. The van der Waals surface area contributed by atoms with Gasteiger partial charge in [-0.1, -0.05) is 63.2 Å². The Kier molecular flexibility index (Phi) is 4.51. The Bertz CT molecular complexity index is 819. The van der Waals surface area contributed by atoms with Crippen molar-refractivity contribution in [1.82, 2.24) is 9.47 Å². The van der Waals surface area contributed by atoms with E-state index >= 15 is 0 Å². The van der Waals surface area contributed by atoms with E-state index in [1.54, 1.807) is 0 Å². The average molecular weight is 320 g/mol. The van der Waals surface area contributed by atoms with Crippen molar-refractivity contribution in [2.24, 2.45) is 7.05 Å². The first-order valence-electron chi connectivity index (χ1n) is 8.65. The fraction of sp³-hybridized carbons (Fsp3) is 0.364. The van der Waals surface area contributed by atoms with E-state index in [1.165, 1.54) is 27.6 Å². The third kappa shape index (κ3) is 3.54. The highest BCUT2D eigenvalue weighted by Crippen LogP contribution is 2.23. The van der Waals surface area contributed by atoms with Crippen molar-refractivity contribution in [2.45, 2.75) is 39.3 Å².